The van der Waals surface area contributed by atoms with Crippen LogP contribution in [0.2, 0.25) is 0 Å². The highest BCUT2D eigenvalue weighted by atomic mass is 16.5. The van der Waals surface area contributed by atoms with E-state index in [1.54, 1.807) is 6.07 Å². The number of ether oxygens (including phenoxy) is 1. The normalized spacial score (nSPS) is 13.9. The number of nitrogen functional groups attached to an aromatic ring is 1. The van der Waals surface area contributed by atoms with Gasteiger partial charge in [0.05, 0.1) is 13.7 Å². The zero-order chi connectivity index (χ0) is 14.8. The van der Waals surface area contributed by atoms with Crippen molar-refractivity contribution in [3.05, 3.63) is 47.4 Å². The number of fused-ring (bicyclic) bond motifs is 1. The van der Waals surface area contributed by atoms with Gasteiger partial charge in [0.2, 0.25) is 5.76 Å². The Bertz CT molecular complexity index is 663. The molecule has 2 N–H and O–H groups in total. The second kappa shape index (κ2) is 5.52. The molecule has 0 bridgehead atoms. The summed E-state index contributed by atoms with van der Waals surface area (Å²) < 4.78 is 10.2. The molecule has 0 spiro atoms. The molecule has 0 saturated heterocycles. The lowest BCUT2D eigenvalue weighted by Gasteiger charge is -2.31. The fourth-order valence-electron chi connectivity index (χ4n) is 2.75. The van der Waals surface area contributed by atoms with Crippen molar-refractivity contribution >= 4 is 17.3 Å². The van der Waals surface area contributed by atoms with E-state index in [0.717, 1.165) is 36.5 Å². The standard InChI is InChI=1S/C16H18N2O3/c1-20-16(19)15-8-7-11(21-15)10-18-9-3-4-12-13(17)5-2-6-14(12)18/h2,5-8H,3-4,9-10,17H2,1H3. The monoisotopic (exact) mass is 286 g/mol. The topological polar surface area (TPSA) is 68.7 Å². The van der Waals surface area contributed by atoms with E-state index in [-0.39, 0.29) is 5.76 Å². The van der Waals surface area contributed by atoms with Crippen molar-refractivity contribution in [3.8, 4) is 0 Å². The van der Waals surface area contributed by atoms with E-state index in [1.807, 2.05) is 18.2 Å². The Labute approximate surface area is 123 Å². The average Bonchev–Trinajstić information content (AvgIpc) is 2.96. The van der Waals surface area contributed by atoms with Gasteiger partial charge in [0.1, 0.15) is 5.76 Å². The number of nitrogens with zero attached hydrogens (tertiary/aromatic N) is 1. The van der Waals surface area contributed by atoms with Crippen molar-refractivity contribution in [2.45, 2.75) is 19.4 Å². The lowest BCUT2D eigenvalue weighted by atomic mass is 10.00. The molecule has 0 aliphatic carbocycles. The van der Waals surface area contributed by atoms with Gasteiger partial charge in [-0.3, -0.25) is 0 Å². The van der Waals surface area contributed by atoms with E-state index in [4.69, 9.17) is 10.2 Å². The Morgan fingerprint density at radius 1 is 1.38 bits per heavy atom. The van der Waals surface area contributed by atoms with Crippen molar-refractivity contribution in [1.82, 2.24) is 0 Å². The first-order chi connectivity index (χ1) is 10.2. The van der Waals surface area contributed by atoms with Crippen LogP contribution in [-0.4, -0.2) is 19.6 Å². The van der Waals surface area contributed by atoms with Gasteiger partial charge in [0, 0.05) is 17.9 Å². The van der Waals surface area contributed by atoms with Gasteiger partial charge in [-0.15, -0.1) is 0 Å². The number of nitrogens with two attached hydrogens (primary N) is 1. The number of carbonyl (C=O) groups is 1. The molecular weight excluding hydrogens is 268 g/mol. The number of hydrogen-bond donors (Lipinski definition) is 1. The smallest absolute Gasteiger partial charge is 0.373 e. The van der Waals surface area contributed by atoms with Gasteiger partial charge >= 0.3 is 5.97 Å². The minimum atomic E-state index is -0.454. The SMILES string of the molecule is COC(=O)c1ccc(CN2CCCc3c(N)cccc32)o1. The zero-order valence-corrected chi connectivity index (χ0v) is 12.0. The van der Waals surface area contributed by atoms with E-state index in [2.05, 4.69) is 15.7 Å². The minimum Gasteiger partial charge on any atom is -0.463 e. The van der Waals surface area contributed by atoms with Crippen molar-refractivity contribution in [2.24, 2.45) is 0 Å². The van der Waals surface area contributed by atoms with Crippen LogP contribution < -0.4 is 10.6 Å². The molecule has 1 aromatic carbocycles. The summed E-state index contributed by atoms with van der Waals surface area (Å²) in [6.07, 6.45) is 2.07. The third-order valence-electron chi connectivity index (χ3n) is 3.78. The third-order valence-corrected chi connectivity index (χ3v) is 3.78. The lowest BCUT2D eigenvalue weighted by Crippen LogP contribution is -2.29. The molecule has 0 saturated carbocycles. The molecule has 1 aliphatic rings. The second-order valence-electron chi connectivity index (χ2n) is 5.13. The molecule has 1 aromatic heterocycles. The predicted octanol–water partition coefficient (Wildman–Crippen LogP) is 2.60. The number of hydrogen-bond acceptors (Lipinski definition) is 5. The number of benzene rings is 1. The number of carbonyl (C=O) groups excluding carboxylic acids is 1. The summed E-state index contributed by atoms with van der Waals surface area (Å²) in [4.78, 5) is 13.6. The Morgan fingerprint density at radius 2 is 2.24 bits per heavy atom. The molecule has 0 atom stereocenters. The fourth-order valence-corrected chi connectivity index (χ4v) is 2.75. The Balaban J connectivity index is 1.82. The Hall–Kier alpha value is -2.43. The maximum atomic E-state index is 11.4. The van der Waals surface area contributed by atoms with E-state index < -0.39 is 5.97 Å². The van der Waals surface area contributed by atoms with Crippen LogP contribution in [-0.2, 0) is 17.7 Å². The number of furan rings is 1. The molecule has 2 heterocycles. The van der Waals surface area contributed by atoms with Crippen LogP contribution in [0.1, 0.15) is 28.3 Å². The van der Waals surface area contributed by atoms with E-state index in [1.165, 1.54) is 12.7 Å². The highest BCUT2D eigenvalue weighted by Crippen LogP contribution is 2.32. The van der Waals surface area contributed by atoms with Crippen LogP contribution in [0.4, 0.5) is 11.4 Å². The summed E-state index contributed by atoms with van der Waals surface area (Å²) in [6.45, 7) is 1.57. The predicted molar refractivity (Wildman–Crippen MR) is 80.3 cm³/mol. The highest BCUT2D eigenvalue weighted by molar-refractivity contribution is 5.86. The molecule has 5 heteroatoms. The Morgan fingerprint density at radius 3 is 3.05 bits per heavy atom. The van der Waals surface area contributed by atoms with Gasteiger partial charge in [-0.25, -0.2) is 4.79 Å². The molecule has 0 radical (unpaired) electrons. The molecule has 2 aromatic rings. The largest absolute Gasteiger partial charge is 0.463 e. The quantitative estimate of drug-likeness (QED) is 0.694. The number of esters is 1. The fraction of sp³-hybridized carbons (Fsp3) is 0.312. The van der Waals surface area contributed by atoms with Gasteiger partial charge in [-0.1, -0.05) is 6.07 Å². The van der Waals surface area contributed by atoms with Crippen molar-refractivity contribution in [2.75, 3.05) is 24.3 Å². The molecule has 21 heavy (non-hydrogen) atoms. The maximum absolute atomic E-state index is 11.4. The van der Waals surface area contributed by atoms with Crippen molar-refractivity contribution in [3.63, 3.8) is 0 Å². The summed E-state index contributed by atoms with van der Waals surface area (Å²) in [6, 6.07) is 9.44. The summed E-state index contributed by atoms with van der Waals surface area (Å²) in [5, 5.41) is 0. The van der Waals surface area contributed by atoms with Gasteiger partial charge < -0.3 is 19.8 Å². The first-order valence-electron chi connectivity index (χ1n) is 6.98. The maximum Gasteiger partial charge on any atom is 0.373 e. The summed E-state index contributed by atoms with van der Waals surface area (Å²) in [7, 11) is 1.34. The van der Waals surface area contributed by atoms with Gasteiger partial charge in [-0.2, -0.15) is 0 Å². The number of anilines is 2. The molecule has 0 fully saturated rings. The van der Waals surface area contributed by atoms with Crippen LogP contribution in [0.25, 0.3) is 0 Å². The van der Waals surface area contributed by atoms with Crippen LogP contribution in [0.5, 0.6) is 0 Å². The first-order valence-corrected chi connectivity index (χ1v) is 6.98. The number of rotatable bonds is 3. The number of methoxy groups -OCH3 is 1. The molecule has 0 unspecified atom stereocenters. The van der Waals surface area contributed by atoms with Crippen LogP contribution in [0, 0.1) is 0 Å². The van der Waals surface area contributed by atoms with Gasteiger partial charge in [-0.05, 0) is 42.7 Å². The van der Waals surface area contributed by atoms with E-state index in [9.17, 15) is 4.79 Å². The van der Waals surface area contributed by atoms with Gasteiger partial charge in [0.25, 0.3) is 0 Å². The molecule has 3 rings (SSSR count). The minimum absolute atomic E-state index is 0.234. The van der Waals surface area contributed by atoms with E-state index >= 15 is 0 Å². The van der Waals surface area contributed by atoms with E-state index in [0.29, 0.717) is 6.54 Å². The van der Waals surface area contributed by atoms with Gasteiger partial charge in [0.15, 0.2) is 0 Å². The molecule has 1 aliphatic heterocycles. The van der Waals surface area contributed by atoms with Crippen molar-refractivity contribution in [1.29, 1.82) is 0 Å². The highest BCUT2D eigenvalue weighted by Gasteiger charge is 2.20. The average molecular weight is 286 g/mol. The Kier molecular flexibility index (Phi) is 3.56. The second-order valence-corrected chi connectivity index (χ2v) is 5.13. The summed E-state index contributed by atoms with van der Waals surface area (Å²) in [5.41, 5.74) is 9.24. The van der Waals surface area contributed by atoms with Crippen molar-refractivity contribution < 1.29 is 13.9 Å². The summed E-state index contributed by atoms with van der Waals surface area (Å²) >= 11 is 0. The van der Waals surface area contributed by atoms with Crippen LogP contribution in [0.15, 0.2) is 34.7 Å². The molecule has 110 valence electrons. The van der Waals surface area contributed by atoms with Crippen LogP contribution >= 0.6 is 0 Å². The molecule has 5 nitrogen and oxygen atoms in total. The summed E-state index contributed by atoms with van der Waals surface area (Å²) in [5.74, 6) is 0.521. The zero-order valence-electron chi connectivity index (χ0n) is 12.0. The van der Waals surface area contributed by atoms with Crippen LogP contribution in [0.3, 0.4) is 0 Å². The molecule has 0 amide bonds. The molecular formula is C16H18N2O3. The lowest BCUT2D eigenvalue weighted by molar-refractivity contribution is 0.0563. The third kappa shape index (κ3) is 2.59. The first kappa shape index (κ1) is 13.5.